The number of nitrogens with two attached hydrogens (primary N) is 1. The monoisotopic (exact) mass is 388 g/mol. The summed E-state index contributed by atoms with van der Waals surface area (Å²) in [4.78, 5) is 31.1. The molecule has 0 aromatic carbocycles. The van der Waals surface area contributed by atoms with Crippen molar-refractivity contribution in [1.82, 2.24) is 14.8 Å². The lowest BCUT2D eigenvalue weighted by molar-refractivity contribution is -0.251. The predicted molar refractivity (Wildman–Crippen MR) is 91.6 cm³/mol. The van der Waals surface area contributed by atoms with E-state index in [2.05, 4.69) is 4.98 Å². The van der Waals surface area contributed by atoms with Crippen molar-refractivity contribution in [1.29, 1.82) is 0 Å². The molecule has 2 rings (SSSR count). The van der Waals surface area contributed by atoms with Crippen LogP contribution < -0.4 is 5.73 Å². The predicted octanol–water partition coefficient (Wildman–Crippen LogP) is 1.29. The van der Waals surface area contributed by atoms with E-state index in [-0.39, 0.29) is 43.1 Å². The number of hydrogen-bond acceptors (Lipinski definition) is 5. The van der Waals surface area contributed by atoms with Crippen molar-refractivity contribution >= 4 is 17.5 Å². The van der Waals surface area contributed by atoms with Crippen LogP contribution in [0.25, 0.3) is 0 Å². The number of pyridine rings is 1. The number of amides is 2. The highest BCUT2D eigenvalue weighted by atomic mass is 19.4. The molecule has 0 radical (unpaired) electrons. The van der Waals surface area contributed by atoms with E-state index in [1.165, 1.54) is 17.2 Å². The molecule has 1 saturated heterocycles. The molecule has 7 nitrogen and oxygen atoms in total. The van der Waals surface area contributed by atoms with Gasteiger partial charge in [-0.3, -0.25) is 9.59 Å². The molecule has 10 heteroatoms. The summed E-state index contributed by atoms with van der Waals surface area (Å²) in [6.45, 7) is 2.20. The number of aliphatic hydroxyl groups is 1. The molecule has 3 N–H and O–H groups in total. The lowest BCUT2D eigenvalue weighted by Crippen LogP contribution is -2.60. The number of piperidine rings is 1. The maximum Gasteiger partial charge on any atom is 0.426 e. The first-order valence-electron chi connectivity index (χ1n) is 8.43. The quantitative estimate of drug-likeness (QED) is 0.813. The summed E-state index contributed by atoms with van der Waals surface area (Å²) in [5, 5.41) is 9.59. The third-order valence-electron chi connectivity index (χ3n) is 4.94. The van der Waals surface area contributed by atoms with Crippen LogP contribution in [0.3, 0.4) is 0 Å². The number of nitrogens with zero attached hydrogens (tertiary/aromatic N) is 3. The fourth-order valence-corrected chi connectivity index (χ4v) is 3.19. The largest absolute Gasteiger partial charge is 0.426 e. The van der Waals surface area contributed by atoms with Crippen molar-refractivity contribution < 1.29 is 27.9 Å². The van der Waals surface area contributed by atoms with Crippen LogP contribution in [-0.4, -0.2) is 69.7 Å². The van der Waals surface area contributed by atoms with Crippen LogP contribution >= 0.6 is 0 Å². The van der Waals surface area contributed by atoms with Crippen LogP contribution in [0.15, 0.2) is 18.3 Å². The van der Waals surface area contributed by atoms with E-state index >= 15 is 0 Å². The van der Waals surface area contributed by atoms with E-state index in [1.54, 1.807) is 20.0 Å². The summed E-state index contributed by atoms with van der Waals surface area (Å²) in [6, 6.07) is 2.77. The van der Waals surface area contributed by atoms with E-state index < -0.39 is 17.7 Å². The fraction of sp³-hybridized carbons (Fsp3) is 0.588. The average Bonchev–Trinajstić information content (AvgIpc) is 2.59. The van der Waals surface area contributed by atoms with Crippen LogP contribution in [0.5, 0.6) is 0 Å². The molecule has 2 heterocycles. The van der Waals surface area contributed by atoms with Gasteiger partial charge in [0.2, 0.25) is 5.60 Å². The van der Waals surface area contributed by atoms with Crippen LogP contribution in [0, 0.1) is 5.92 Å². The van der Waals surface area contributed by atoms with Crippen molar-refractivity contribution in [3.63, 3.8) is 0 Å². The number of aromatic nitrogens is 1. The molecule has 0 bridgehead atoms. The Labute approximate surface area is 154 Å². The molecule has 27 heavy (non-hydrogen) atoms. The van der Waals surface area contributed by atoms with Gasteiger partial charge in [0, 0.05) is 26.2 Å². The number of carbonyl (C=O) groups excluding carboxylic acids is 2. The minimum absolute atomic E-state index is 0.00250. The van der Waals surface area contributed by atoms with E-state index in [1.807, 2.05) is 0 Å². The molecule has 0 unspecified atom stereocenters. The first-order valence-corrected chi connectivity index (χ1v) is 8.43. The molecule has 150 valence electrons. The summed E-state index contributed by atoms with van der Waals surface area (Å²) in [5.74, 6) is -2.00. The van der Waals surface area contributed by atoms with Gasteiger partial charge in [0.1, 0.15) is 5.69 Å². The molecule has 1 aromatic rings. The van der Waals surface area contributed by atoms with Gasteiger partial charge >= 0.3 is 6.18 Å². The van der Waals surface area contributed by atoms with Gasteiger partial charge in [0.15, 0.2) is 0 Å². The molecule has 1 aromatic heterocycles. The maximum atomic E-state index is 12.9. The Balaban J connectivity index is 2.07. The highest BCUT2D eigenvalue weighted by Gasteiger charge is 2.57. The van der Waals surface area contributed by atoms with Crippen molar-refractivity contribution in [3.05, 3.63) is 24.0 Å². The molecule has 1 fully saturated rings. The van der Waals surface area contributed by atoms with Gasteiger partial charge in [-0.25, -0.2) is 4.98 Å². The van der Waals surface area contributed by atoms with Gasteiger partial charge in [-0.1, -0.05) is 6.92 Å². The first-order chi connectivity index (χ1) is 12.4. The van der Waals surface area contributed by atoms with E-state index in [9.17, 15) is 27.9 Å². The van der Waals surface area contributed by atoms with Crippen LogP contribution in [0.2, 0.25) is 0 Å². The van der Waals surface area contributed by atoms with Crippen molar-refractivity contribution in [2.75, 3.05) is 25.9 Å². The normalized spacial score (nSPS) is 22.9. The molecule has 2 amide bonds. The molecular formula is C17H23F3N4O3. The van der Waals surface area contributed by atoms with Crippen LogP contribution in [-0.2, 0) is 4.79 Å². The zero-order chi connectivity index (χ0) is 20.6. The Hall–Kier alpha value is -2.36. The summed E-state index contributed by atoms with van der Waals surface area (Å²) in [7, 11) is 1.59. The highest BCUT2D eigenvalue weighted by Crippen LogP contribution is 2.33. The maximum absolute atomic E-state index is 12.9. The fourth-order valence-electron chi connectivity index (χ4n) is 3.19. The zero-order valence-electron chi connectivity index (χ0n) is 15.3. The van der Waals surface area contributed by atoms with Crippen LogP contribution in [0.4, 0.5) is 18.9 Å². The number of nitrogen functional groups attached to an aromatic ring is 1. The van der Waals surface area contributed by atoms with Crippen molar-refractivity contribution in [2.24, 2.45) is 5.92 Å². The Kier molecular flexibility index (Phi) is 5.69. The average molecular weight is 388 g/mol. The van der Waals surface area contributed by atoms with Gasteiger partial charge in [0.05, 0.1) is 11.9 Å². The van der Waals surface area contributed by atoms with Crippen molar-refractivity contribution in [2.45, 2.75) is 38.1 Å². The van der Waals surface area contributed by atoms with Gasteiger partial charge in [-0.05, 0) is 31.4 Å². The zero-order valence-corrected chi connectivity index (χ0v) is 15.3. The number of rotatable bonds is 3. The summed E-state index contributed by atoms with van der Waals surface area (Å²) < 4.78 is 38.7. The molecule has 0 saturated carbocycles. The SMILES string of the molecule is C[C@@H]1CN(C(=O)[C@@](C)(O)C(F)(F)F)CC[C@@H]1N(C)C(=O)c1ccc(N)cn1. The minimum Gasteiger partial charge on any atom is -0.397 e. The number of hydrogen-bond donors (Lipinski definition) is 2. The summed E-state index contributed by atoms with van der Waals surface area (Å²) in [6.07, 6.45) is -3.40. The smallest absolute Gasteiger partial charge is 0.397 e. The van der Waals surface area contributed by atoms with E-state index in [0.29, 0.717) is 12.6 Å². The first kappa shape index (κ1) is 20.9. The number of likely N-dealkylation sites (tertiary alicyclic amines) is 1. The second kappa shape index (κ2) is 7.34. The van der Waals surface area contributed by atoms with Gasteiger partial charge in [-0.15, -0.1) is 0 Å². The lowest BCUT2D eigenvalue weighted by Gasteiger charge is -2.43. The van der Waals surface area contributed by atoms with Gasteiger partial charge in [-0.2, -0.15) is 13.2 Å². The molecule has 0 aliphatic carbocycles. The van der Waals surface area contributed by atoms with Gasteiger partial charge < -0.3 is 20.6 Å². The number of anilines is 1. The number of alkyl halides is 3. The third kappa shape index (κ3) is 4.15. The minimum atomic E-state index is -5.06. The van der Waals surface area contributed by atoms with Crippen molar-refractivity contribution in [3.8, 4) is 0 Å². The number of carbonyl (C=O) groups is 2. The number of halogens is 3. The highest BCUT2D eigenvalue weighted by molar-refractivity contribution is 5.92. The molecule has 1 aliphatic heterocycles. The Morgan fingerprint density at radius 2 is 2.00 bits per heavy atom. The second-order valence-corrected chi connectivity index (χ2v) is 7.05. The standard InChI is InChI=1S/C17H23F3N4O3/c1-10-9-24(15(26)16(2,27)17(18,19)20)7-6-13(10)23(3)14(25)12-5-4-11(21)8-22-12/h4-5,8,10,13,27H,6-7,9,21H2,1-3H3/t10-,13+,16-/m1/s1. The Morgan fingerprint density at radius 1 is 1.37 bits per heavy atom. The Morgan fingerprint density at radius 3 is 2.48 bits per heavy atom. The third-order valence-corrected chi connectivity index (χ3v) is 4.94. The summed E-state index contributed by atoms with van der Waals surface area (Å²) in [5.41, 5.74) is 2.74. The summed E-state index contributed by atoms with van der Waals surface area (Å²) >= 11 is 0. The topological polar surface area (TPSA) is 99.8 Å². The van der Waals surface area contributed by atoms with E-state index in [0.717, 1.165) is 4.90 Å². The lowest BCUT2D eigenvalue weighted by atomic mass is 9.91. The van der Waals surface area contributed by atoms with E-state index in [4.69, 9.17) is 5.73 Å². The molecule has 1 aliphatic rings. The molecule has 3 atom stereocenters. The second-order valence-electron chi connectivity index (χ2n) is 7.05. The molecular weight excluding hydrogens is 365 g/mol. The Bertz CT molecular complexity index is 706. The van der Waals surface area contributed by atoms with Crippen LogP contribution in [0.1, 0.15) is 30.8 Å². The van der Waals surface area contributed by atoms with Gasteiger partial charge in [0.25, 0.3) is 11.8 Å². The molecule has 0 spiro atoms.